The first-order chi connectivity index (χ1) is 14.4. The van der Waals surface area contributed by atoms with Crippen molar-refractivity contribution in [2.24, 2.45) is 4.99 Å². The summed E-state index contributed by atoms with van der Waals surface area (Å²) in [6.07, 6.45) is 3.35. The van der Waals surface area contributed by atoms with Crippen LogP contribution in [0.5, 0.6) is 5.75 Å². The summed E-state index contributed by atoms with van der Waals surface area (Å²) in [6, 6.07) is 5.57. The number of amides is 2. The van der Waals surface area contributed by atoms with Gasteiger partial charge in [-0.05, 0) is 49.9 Å². The largest absolute Gasteiger partial charge is 0.485 e. The quantitative estimate of drug-likeness (QED) is 0.758. The van der Waals surface area contributed by atoms with Crippen molar-refractivity contribution in [2.45, 2.75) is 32.6 Å². The Bertz CT molecular complexity index is 1030. The topological polar surface area (TPSA) is 94.0 Å². The third kappa shape index (κ3) is 3.95. The van der Waals surface area contributed by atoms with Crippen molar-refractivity contribution in [2.75, 3.05) is 31.8 Å². The molecule has 156 valence electrons. The molecule has 0 aliphatic carbocycles. The zero-order valence-electron chi connectivity index (χ0n) is 17.3. The third-order valence-electron chi connectivity index (χ3n) is 5.44. The smallest absolute Gasteiger partial charge is 0.315 e. The van der Waals surface area contributed by atoms with Crippen molar-refractivity contribution in [3.8, 4) is 5.75 Å². The van der Waals surface area contributed by atoms with E-state index in [4.69, 9.17) is 9.47 Å². The van der Waals surface area contributed by atoms with Crippen molar-refractivity contribution in [3.63, 3.8) is 0 Å². The molecule has 2 aromatic rings. The number of rotatable bonds is 2. The van der Waals surface area contributed by atoms with E-state index < -0.39 is 5.91 Å². The summed E-state index contributed by atoms with van der Waals surface area (Å²) >= 11 is 0. The van der Waals surface area contributed by atoms with Gasteiger partial charge in [-0.15, -0.1) is 0 Å². The number of ether oxygens (including phenoxy) is 2. The first-order valence-electron chi connectivity index (χ1n) is 9.98. The van der Waals surface area contributed by atoms with Crippen LogP contribution in [0.2, 0.25) is 0 Å². The van der Waals surface area contributed by atoms with Crippen LogP contribution in [0.15, 0.2) is 29.4 Å². The fourth-order valence-corrected chi connectivity index (χ4v) is 3.72. The third-order valence-corrected chi connectivity index (χ3v) is 5.44. The van der Waals surface area contributed by atoms with Crippen molar-refractivity contribution in [3.05, 3.63) is 47.0 Å². The Labute approximate surface area is 175 Å². The fraction of sp³-hybridized carbons (Fsp3) is 0.409. The number of nitrogens with zero attached hydrogens (tertiary/aromatic N) is 4. The van der Waals surface area contributed by atoms with E-state index in [0.717, 1.165) is 29.7 Å². The second-order valence-corrected chi connectivity index (χ2v) is 7.64. The fourth-order valence-electron chi connectivity index (χ4n) is 3.72. The zero-order valence-corrected chi connectivity index (χ0v) is 17.3. The lowest BCUT2D eigenvalue weighted by atomic mass is 9.94. The highest BCUT2D eigenvalue weighted by molar-refractivity contribution is 6.46. The number of carbonyl (C=O) groups excluding carboxylic acids is 2. The van der Waals surface area contributed by atoms with Gasteiger partial charge in [0.15, 0.2) is 0 Å². The number of hydrogen-bond acceptors (Lipinski definition) is 6. The molecule has 2 amide bonds. The molecular formula is C22H24N4O4. The van der Waals surface area contributed by atoms with Crippen molar-refractivity contribution >= 4 is 23.2 Å². The van der Waals surface area contributed by atoms with E-state index in [0.29, 0.717) is 24.7 Å². The predicted octanol–water partition coefficient (Wildman–Crippen LogP) is 2.62. The first-order valence-corrected chi connectivity index (χ1v) is 9.98. The van der Waals surface area contributed by atoms with Gasteiger partial charge in [0.1, 0.15) is 18.1 Å². The summed E-state index contributed by atoms with van der Waals surface area (Å²) in [7, 11) is 1.64. The summed E-state index contributed by atoms with van der Waals surface area (Å²) < 4.78 is 11.2. The molecule has 1 fully saturated rings. The Balaban J connectivity index is 1.60. The van der Waals surface area contributed by atoms with Gasteiger partial charge in [0.2, 0.25) is 5.82 Å². The minimum Gasteiger partial charge on any atom is -0.485 e. The number of aromatic nitrogens is 2. The van der Waals surface area contributed by atoms with Crippen molar-refractivity contribution in [1.82, 2.24) is 9.97 Å². The van der Waals surface area contributed by atoms with Gasteiger partial charge in [-0.1, -0.05) is 6.07 Å². The van der Waals surface area contributed by atoms with Crippen LogP contribution in [0, 0.1) is 13.8 Å². The summed E-state index contributed by atoms with van der Waals surface area (Å²) in [5, 5.41) is 0. The monoisotopic (exact) mass is 408 g/mol. The van der Waals surface area contributed by atoms with E-state index in [-0.39, 0.29) is 30.0 Å². The van der Waals surface area contributed by atoms with Gasteiger partial charge < -0.3 is 14.4 Å². The van der Waals surface area contributed by atoms with E-state index in [1.807, 2.05) is 32.0 Å². The molecule has 0 N–H and O–H groups in total. The molecule has 0 unspecified atom stereocenters. The lowest BCUT2D eigenvalue weighted by Gasteiger charge is -2.22. The molecule has 0 spiro atoms. The van der Waals surface area contributed by atoms with E-state index in [9.17, 15) is 9.59 Å². The molecule has 4 rings (SSSR count). The minimum absolute atomic E-state index is 0.0114. The van der Waals surface area contributed by atoms with E-state index in [2.05, 4.69) is 15.0 Å². The van der Waals surface area contributed by atoms with Crippen LogP contribution in [-0.4, -0.2) is 54.4 Å². The Morgan fingerprint density at radius 1 is 1.23 bits per heavy atom. The maximum Gasteiger partial charge on any atom is 0.315 e. The molecule has 2 aliphatic rings. The molecule has 2 aliphatic heterocycles. The molecule has 0 saturated carbocycles. The standard InChI is InChI=1S/C22H24N4O4/c1-13-4-5-17-18(10-13)30-12-16(22(28)26(17)3)24-21(27)20-23-11-14(2)19(25-20)15-6-8-29-9-7-15/h4-5,10-11,15H,6-9,12H2,1-3H3/b24-16+. The molecule has 0 bridgehead atoms. The zero-order chi connectivity index (χ0) is 21.3. The Morgan fingerprint density at radius 3 is 2.77 bits per heavy atom. The number of benzene rings is 1. The van der Waals surface area contributed by atoms with E-state index in [1.54, 1.807) is 13.2 Å². The van der Waals surface area contributed by atoms with Crippen LogP contribution in [0.4, 0.5) is 5.69 Å². The number of carbonyl (C=O) groups is 2. The van der Waals surface area contributed by atoms with Crippen LogP contribution < -0.4 is 9.64 Å². The van der Waals surface area contributed by atoms with Gasteiger partial charge in [0.05, 0.1) is 11.4 Å². The Hall–Kier alpha value is -3.13. The van der Waals surface area contributed by atoms with Gasteiger partial charge in [-0.2, -0.15) is 0 Å². The maximum atomic E-state index is 12.8. The summed E-state index contributed by atoms with van der Waals surface area (Å²) in [5.74, 6) is -0.235. The number of anilines is 1. The number of aryl methyl sites for hydroxylation is 2. The van der Waals surface area contributed by atoms with Crippen LogP contribution in [0.3, 0.4) is 0 Å². The average Bonchev–Trinajstić information content (AvgIpc) is 2.86. The van der Waals surface area contributed by atoms with Gasteiger partial charge in [0.25, 0.3) is 5.91 Å². The maximum absolute atomic E-state index is 12.8. The lowest BCUT2D eigenvalue weighted by molar-refractivity contribution is -0.112. The highest BCUT2D eigenvalue weighted by Gasteiger charge is 2.27. The van der Waals surface area contributed by atoms with Crippen LogP contribution in [0.25, 0.3) is 0 Å². The average molecular weight is 408 g/mol. The van der Waals surface area contributed by atoms with Crippen molar-refractivity contribution in [1.29, 1.82) is 0 Å². The first kappa shape index (κ1) is 20.2. The van der Waals surface area contributed by atoms with Gasteiger partial charge in [-0.3, -0.25) is 9.59 Å². The molecule has 1 saturated heterocycles. The number of aliphatic imine (C=N–C) groups is 1. The summed E-state index contributed by atoms with van der Waals surface area (Å²) in [4.78, 5) is 39.7. The van der Waals surface area contributed by atoms with Gasteiger partial charge >= 0.3 is 5.91 Å². The molecule has 30 heavy (non-hydrogen) atoms. The predicted molar refractivity (Wildman–Crippen MR) is 111 cm³/mol. The molecule has 3 heterocycles. The lowest BCUT2D eigenvalue weighted by Crippen LogP contribution is -2.34. The highest BCUT2D eigenvalue weighted by atomic mass is 16.5. The Morgan fingerprint density at radius 2 is 2.00 bits per heavy atom. The molecule has 0 atom stereocenters. The second-order valence-electron chi connectivity index (χ2n) is 7.64. The SMILES string of the molecule is Cc1ccc2c(c1)OC/C(=N\C(=O)c1ncc(C)c(C3CCOCC3)n1)C(=O)N2C. The molecular weight excluding hydrogens is 384 g/mol. The van der Waals surface area contributed by atoms with Crippen LogP contribution >= 0.6 is 0 Å². The highest BCUT2D eigenvalue weighted by Crippen LogP contribution is 2.31. The van der Waals surface area contributed by atoms with E-state index in [1.165, 1.54) is 4.90 Å². The molecule has 8 heteroatoms. The van der Waals surface area contributed by atoms with E-state index >= 15 is 0 Å². The summed E-state index contributed by atoms with van der Waals surface area (Å²) in [5.41, 5.74) is 3.45. The normalized spacial score (nSPS) is 18.7. The molecule has 8 nitrogen and oxygen atoms in total. The number of fused-ring (bicyclic) bond motifs is 1. The van der Waals surface area contributed by atoms with Crippen molar-refractivity contribution < 1.29 is 19.1 Å². The number of hydrogen-bond donors (Lipinski definition) is 0. The second kappa shape index (κ2) is 8.31. The molecule has 1 aromatic carbocycles. The molecule has 0 radical (unpaired) electrons. The Kier molecular flexibility index (Phi) is 5.59. The van der Waals surface area contributed by atoms with Crippen LogP contribution in [-0.2, 0) is 9.53 Å². The van der Waals surface area contributed by atoms with Crippen LogP contribution in [0.1, 0.15) is 46.2 Å². The van der Waals surface area contributed by atoms with Gasteiger partial charge in [-0.25, -0.2) is 15.0 Å². The minimum atomic E-state index is -0.647. The summed E-state index contributed by atoms with van der Waals surface area (Å²) in [6.45, 7) is 5.14. The molecule has 1 aromatic heterocycles. The van der Waals surface area contributed by atoms with Gasteiger partial charge in [0, 0.05) is 32.4 Å².